The number of rotatable bonds is 2. The molecule has 5 nitrogen and oxygen atoms in total. The molecule has 118 valence electrons. The van der Waals surface area contributed by atoms with Crippen molar-refractivity contribution in [2.45, 2.75) is 32.3 Å². The van der Waals surface area contributed by atoms with E-state index in [0.29, 0.717) is 32.5 Å². The molecular weight excluding hydrogens is 280 g/mol. The van der Waals surface area contributed by atoms with Crippen LogP contribution < -0.4 is 4.90 Å². The highest BCUT2D eigenvalue weighted by Gasteiger charge is 2.37. The second kappa shape index (κ2) is 6.08. The molecule has 2 fully saturated rings. The molecule has 1 unspecified atom stereocenters. The lowest BCUT2D eigenvalue weighted by Gasteiger charge is -2.31. The number of hydrogen-bond acceptors (Lipinski definition) is 3. The number of hydrogen-bond donors (Lipinski definition) is 1. The van der Waals surface area contributed by atoms with Crippen LogP contribution in [0.5, 0.6) is 0 Å². The zero-order chi connectivity index (χ0) is 15.7. The quantitative estimate of drug-likeness (QED) is 0.896. The highest BCUT2D eigenvalue weighted by molar-refractivity contribution is 6.00. The Morgan fingerprint density at radius 1 is 1.18 bits per heavy atom. The molecular formula is C17H22N2O3. The van der Waals surface area contributed by atoms with Crippen molar-refractivity contribution in [1.29, 1.82) is 0 Å². The fraction of sp³-hybridized carbons (Fsp3) is 0.529. The molecule has 0 aliphatic carbocycles. The molecule has 3 rings (SSSR count). The number of carbonyl (C=O) groups is 2. The van der Waals surface area contributed by atoms with Gasteiger partial charge in [0.1, 0.15) is 0 Å². The Labute approximate surface area is 130 Å². The summed E-state index contributed by atoms with van der Waals surface area (Å²) in [6.07, 6.45) is 1.26. The maximum Gasteiger partial charge on any atom is 0.228 e. The van der Waals surface area contributed by atoms with E-state index in [9.17, 15) is 14.7 Å². The standard InChI is InChI=1S/C17H22N2O3/c1-12-2-4-14(5-3-12)19-11-13(10-16(19)21)17(22)18-8-6-15(20)7-9-18/h2-5,13,15,20H,6-11H2,1H3. The summed E-state index contributed by atoms with van der Waals surface area (Å²) in [6, 6.07) is 7.81. The van der Waals surface area contributed by atoms with Crippen molar-refractivity contribution in [2.24, 2.45) is 5.92 Å². The molecule has 2 aliphatic heterocycles. The third-order valence-corrected chi connectivity index (χ3v) is 4.60. The van der Waals surface area contributed by atoms with Crippen molar-refractivity contribution in [3.05, 3.63) is 29.8 Å². The van der Waals surface area contributed by atoms with Gasteiger partial charge in [-0.1, -0.05) is 17.7 Å². The lowest BCUT2D eigenvalue weighted by Crippen LogP contribution is -2.43. The van der Waals surface area contributed by atoms with Crippen LogP contribution in [0.2, 0.25) is 0 Å². The third kappa shape index (κ3) is 2.99. The van der Waals surface area contributed by atoms with Gasteiger partial charge < -0.3 is 14.9 Å². The summed E-state index contributed by atoms with van der Waals surface area (Å²) in [5.41, 5.74) is 2.01. The van der Waals surface area contributed by atoms with Gasteiger partial charge >= 0.3 is 0 Å². The number of aliphatic hydroxyl groups excluding tert-OH is 1. The average Bonchev–Trinajstić information content (AvgIpc) is 2.90. The van der Waals surface area contributed by atoms with Crippen LogP contribution >= 0.6 is 0 Å². The lowest BCUT2D eigenvalue weighted by atomic mass is 10.0. The zero-order valence-corrected chi connectivity index (χ0v) is 12.9. The first-order chi connectivity index (χ1) is 10.5. The number of benzene rings is 1. The Balaban J connectivity index is 1.66. The van der Waals surface area contributed by atoms with Gasteiger partial charge in [0.05, 0.1) is 12.0 Å². The number of nitrogens with zero attached hydrogens (tertiary/aromatic N) is 2. The van der Waals surface area contributed by atoms with E-state index in [1.165, 1.54) is 0 Å². The monoisotopic (exact) mass is 302 g/mol. The van der Waals surface area contributed by atoms with Crippen LogP contribution in [0.15, 0.2) is 24.3 Å². The third-order valence-electron chi connectivity index (χ3n) is 4.60. The molecule has 0 spiro atoms. The van der Waals surface area contributed by atoms with Gasteiger partial charge in [-0.15, -0.1) is 0 Å². The van der Waals surface area contributed by atoms with E-state index in [-0.39, 0.29) is 30.3 Å². The number of amides is 2. The number of piperidine rings is 1. The fourth-order valence-corrected chi connectivity index (χ4v) is 3.19. The van der Waals surface area contributed by atoms with Crippen LogP contribution in [0.4, 0.5) is 5.69 Å². The minimum Gasteiger partial charge on any atom is -0.393 e. The van der Waals surface area contributed by atoms with Crippen LogP contribution in [0.3, 0.4) is 0 Å². The van der Waals surface area contributed by atoms with E-state index in [1.807, 2.05) is 31.2 Å². The maximum atomic E-state index is 12.5. The predicted octanol–water partition coefficient (Wildman–Crippen LogP) is 1.33. The molecule has 1 N–H and O–H groups in total. The molecule has 2 heterocycles. The van der Waals surface area contributed by atoms with Crippen LogP contribution in [-0.2, 0) is 9.59 Å². The molecule has 1 aromatic carbocycles. The number of anilines is 1. The van der Waals surface area contributed by atoms with Crippen LogP contribution in [0.1, 0.15) is 24.8 Å². The van der Waals surface area contributed by atoms with E-state index < -0.39 is 0 Å². The van der Waals surface area contributed by atoms with Crippen molar-refractivity contribution in [3.8, 4) is 0 Å². The first-order valence-corrected chi connectivity index (χ1v) is 7.88. The van der Waals surface area contributed by atoms with E-state index in [2.05, 4.69) is 0 Å². The van der Waals surface area contributed by atoms with Crippen molar-refractivity contribution < 1.29 is 14.7 Å². The summed E-state index contributed by atoms with van der Waals surface area (Å²) in [5, 5.41) is 9.53. The van der Waals surface area contributed by atoms with Crippen molar-refractivity contribution in [2.75, 3.05) is 24.5 Å². The van der Waals surface area contributed by atoms with Crippen LogP contribution in [-0.4, -0.2) is 47.6 Å². The summed E-state index contributed by atoms with van der Waals surface area (Å²) in [4.78, 5) is 28.3. The second-order valence-electron chi connectivity index (χ2n) is 6.30. The molecule has 2 aliphatic rings. The summed E-state index contributed by atoms with van der Waals surface area (Å²) in [6.45, 7) is 3.65. The van der Waals surface area contributed by atoms with Gasteiger partial charge in [0.25, 0.3) is 0 Å². The first-order valence-electron chi connectivity index (χ1n) is 7.88. The van der Waals surface area contributed by atoms with Gasteiger partial charge in [-0.25, -0.2) is 0 Å². The Morgan fingerprint density at radius 2 is 1.82 bits per heavy atom. The van der Waals surface area contributed by atoms with Crippen LogP contribution in [0, 0.1) is 12.8 Å². The van der Waals surface area contributed by atoms with Crippen LogP contribution in [0.25, 0.3) is 0 Å². The maximum absolute atomic E-state index is 12.5. The SMILES string of the molecule is Cc1ccc(N2CC(C(=O)N3CCC(O)CC3)CC2=O)cc1. The van der Waals surface area contributed by atoms with Crippen molar-refractivity contribution in [3.63, 3.8) is 0 Å². The Morgan fingerprint density at radius 3 is 2.45 bits per heavy atom. The number of likely N-dealkylation sites (tertiary alicyclic amines) is 1. The van der Waals surface area contributed by atoms with Gasteiger partial charge in [0.2, 0.25) is 11.8 Å². The minimum absolute atomic E-state index is 0.0132. The van der Waals surface area contributed by atoms with E-state index in [4.69, 9.17) is 0 Å². The van der Waals surface area contributed by atoms with E-state index >= 15 is 0 Å². The first kappa shape index (κ1) is 15.0. The largest absolute Gasteiger partial charge is 0.393 e. The van der Waals surface area contributed by atoms with Crippen molar-refractivity contribution >= 4 is 17.5 Å². The molecule has 0 aromatic heterocycles. The molecule has 2 saturated heterocycles. The predicted molar refractivity (Wildman–Crippen MR) is 83.5 cm³/mol. The Hall–Kier alpha value is -1.88. The molecule has 0 bridgehead atoms. The average molecular weight is 302 g/mol. The van der Waals surface area contributed by atoms with Gasteiger partial charge in [-0.3, -0.25) is 9.59 Å². The van der Waals surface area contributed by atoms with Gasteiger partial charge in [0.15, 0.2) is 0 Å². The van der Waals surface area contributed by atoms with Gasteiger partial charge in [-0.05, 0) is 31.9 Å². The normalized spacial score (nSPS) is 23.2. The van der Waals surface area contributed by atoms with E-state index in [0.717, 1.165) is 11.3 Å². The van der Waals surface area contributed by atoms with Gasteiger partial charge in [-0.2, -0.15) is 0 Å². The number of aryl methyl sites for hydroxylation is 1. The molecule has 5 heteroatoms. The molecule has 1 aromatic rings. The fourth-order valence-electron chi connectivity index (χ4n) is 3.19. The minimum atomic E-state index is -0.293. The van der Waals surface area contributed by atoms with Crippen molar-refractivity contribution in [1.82, 2.24) is 4.90 Å². The summed E-state index contributed by atoms with van der Waals surface area (Å²) in [5.74, 6) is -0.196. The zero-order valence-electron chi connectivity index (χ0n) is 12.9. The lowest BCUT2D eigenvalue weighted by molar-refractivity contribution is -0.137. The Bertz CT molecular complexity index is 562. The highest BCUT2D eigenvalue weighted by Crippen LogP contribution is 2.27. The molecule has 2 amide bonds. The topological polar surface area (TPSA) is 60.9 Å². The van der Waals surface area contributed by atoms with Gasteiger partial charge in [0, 0.05) is 31.7 Å². The summed E-state index contributed by atoms with van der Waals surface area (Å²) in [7, 11) is 0. The van der Waals surface area contributed by atoms with E-state index in [1.54, 1.807) is 9.80 Å². The summed E-state index contributed by atoms with van der Waals surface area (Å²) < 4.78 is 0. The molecule has 0 saturated carbocycles. The number of aliphatic hydroxyl groups is 1. The molecule has 0 radical (unpaired) electrons. The second-order valence-corrected chi connectivity index (χ2v) is 6.30. The number of carbonyl (C=O) groups excluding carboxylic acids is 2. The Kier molecular flexibility index (Phi) is 4.16. The highest BCUT2D eigenvalue weighted by atomic mass is 16.3. The molecule has 1 atom stereocenters. The smallest absolute Gasteiger partial charge is 0.228 e. The molecule has 22 heavy (non-hydrogen) atoms. The summed E-state index contributed by atoms with van der Waals surface area (Å²) >= 11 is 0.